The molecule has 2 aromatic rings. The van der Waals surface area contributed by atoms with E-state index in [4.69, 9.17) is 4.74 Å². The number of carbonyl (C=O) groups excluding carboxylic acids is 1. The third-order valence-corrected chi connectivity index (χ3v) is 4.61. The molecule has 4 atom stereocenters. The summed E-state index contributed by atoms with van der Waals surface area (Å²) in [6, 6.07) is -2.10. The van der Waals surface area contributed by atoms with E-state index in [1.165, 1.54) is 17.1 Å². The molecule has 0 aliphatic carbocycles. The number of ether oxygens (including phenoxy) is 1. The van der Waals surface area contributed by atoms with E-state index in [9.17, 15) is 24.9 Å². The molecule has 0 bridgehead atoms. The fraction of sp³-hybridized carbons (Fsp3) is 0.588. The molecule has 0 radical (unpaired) electrons. The van der Waals surface area contributed by atoms with Gasteiger partial charge in [0.15, 0.2) is 0 Å². The number of aryl methyl sites for hydroxylation is 1. The number of aliphatic hydroxyl groups is 3. The standard InChI is InChI=1S/C17H24N4O6/c1-17(2,3)27-16(26)21-9(6-22)13(23)14(24)12(21)8-5-18-11-10(8)19-7-20(4)15(11)25/h5,7,9,12-14,18,22-24H,6H2,1-4H3/t9-,12+,13-,14+/m1/s1. The fourth-order valence-corrected chi connectivity index (χ4v) is 3.37. The van der Waals surface area contributed by atoms with Crippen molar-refractivity contribution in [2.24, 2.45) is 7.05 Å². The van der Waals surface area contributed by atoms with Gasteiger partial charge >= 0.3 is 6.09 Å². The second-order valence-electron chi connectivity index (χ2n) is 7.69. The first-order valence-corrected chi connectivity index (χ1v) is 8.57. The summed E-state index contributed by atoms with van der Waals surface area (Å²) in [5.41, 5.74) is -0.276. The summed E-state index contributed by atoms with van der Waals surface area (Å²) in [5.74, 6) is 0. The van der Waals surface area contributed by atoms with Crippen LogP contribution in [-0.4, -0.2) is 71.3 Å². The molecule has 10 heteroatoms. The summed E-state index contributed by atoms with van der Waals surface area (Å²) in [6.45, 7) is 4.50. The SMILES string of the molecule is Cn1cnc2c([C@H]3[C@H](O)[C@H](O)[C@@H](CO)N3C(=O)OC(C)(C)C)c[nH]c2c1=O. The molecule has 4 N–H and O–H groups in total. The topological polar surface area (TPSA) is 141 Å². The van der Waals surface area contributed by atoms with E-state index < -0.39 is 42.6 Å². The highest BCUT2D eigenvalue weighted by Gasteiger charge is 2.52. The first kappa shape index (κ1) is 19.3. The van der Waals surface area contributed by atoms with Crippen LogP contribution in [0.1, 0.15) is 32.4 Å². The quantitative estimate of drug-likeness (QED) is 0.557. The highest BCUT2D eigenvalue weighted by Crippen LogP contribution is 2.39. The van der Waals surface area contributed by atoms with Crippen molar-refractivity contribution >= 4 is 17.1 Å². The number of aliphatic hydroxyl groups excluding tert-OH is 3. The van der Waals surface area contributed by atoms with Crippen molar-refractivity contribution in [2.75, 3.05) is 6.61 Å². The number of amides is 1. The van der Waals surface area contributed by atoms with Crippen LogP contribution in [0.2, 0.25) is 0 Å². The van der Waals surface area contributed by atoms with Gasteiger partial charge in [-0.3, -0.25) is 9.69 Å². The third-order valence-electron chi connectivity index (χ3n) is 4.61. The molecule has 10 nitrogen and oxygen atoms in total. The van der Waals surface area contributed by atoms with Gasteiger partial charge in [-0.15, -0.1) is 0 Å². The molecule has 1 fully saturated rings. The van der Waals surface area contributed by atoms with Gasteiger partial charge in [-0.1, -0.05) is 0 Å². The lowest BCUT2D eigenvalue weighted by Gasteiger charge is -2.32. The highest BCUT2D eigenvalue weighted by molar-refractivity contribution is 5.80. The van der Waals surface area contributed by atoms with Crippen LogP contribution in [0.3, 0.4) is 0 Å². The Bertz CT molecular complexity index is 914. The summed E-state index contributed by atoms with van der Waals surface area (Å²) in [7, 11) is 1.55. The Morgan fingerprint density at radius 2 is 2.00 bits per heavy atom. The van der Waals surface area contributed by atoms with Crippen LogP contribution >= 0.6 is 0 Å². The zero-order chi connectivity index (χ0) is 20.1. The Kier molecular flexibility index (Phi) is 4.74. The van der Waals surface area contributed by atoms with E-state index in [0.29, 0.717) is 5.56 Å². The maximum absolute atomic E-state index is 12.8. The van der Waals surface area contributed by atoms with E-state index in [1.807, 2.05) is 0 Å². The Labute approximate surface area is 155 Å². The smallest absolute Gasteiger partial charge is 0.411 e. The first-order chi connectivity index (χ1) is 12.6. The van der Waals surface area contributed by atoms with Crippen LogP contribution in [0.25, 0.3) is 11.0 Å². The molecule has 1 amide bonds. The Hall–Kier alpha value is -2.43. The van der Waals surface area contributed by atoms with Crippen molar-refractivity contribution in [3.05, 3.63) is 28.4 Å². The number of carbonyl (C=O) groups is 1. The van der Waals surface area contributed by atoms with Gasteiger partial charge in [0.05, 0.1) is 25.0 Å². The van der Waals surface area contributed by atoms with Gasteiger partial charge in [0.25, 0.3) is 5.56 Å². The van der Waals surface area contributed by atoms with E-state index in [-0.39, 0.29) is 16.6 Å². The maximum Gasteiger partial charge on any atom is 0.411 e. The molecular formula is C17H24N4O6. The Morgan fingerprint density at radius 3 is 2.59 bits per heavy atom. The predicted molar refractivity (Wildman–Crippen MR) is 95.0 cm³/mol. The number of H-pyrrole nitrogens is 1. The lowest BCUT2D eigenvalue weighted by atomic mass is 10.0. The third kappa shape index (κ3) is 3.20. The molecule has 1 saturated heterocycles. The molecule has 0 spiro atoms. The van der Waals surface area contributed by atoms with Gasteiger partial charge in [-0.25, -0.2) is 9.78 Å². The lowest BCUT2D eigenvalue weighted by Crippen LogP contribution is -2.45. The predicted octanol–water partition coefficient (Wildman–Crippen LogP) is -0.364. The van der Waals surface area contributed by atoms with Crippen LogP contribution in [0.5, 0.6) is 0 Å². The average Bonchev–Trinajstić information content (AvgIpc) is 3.09. The average molecular weight is 380 g/mol. The molecule has 148 valence electrons. The number of hydrogen-bond acceptors (Lipinski definition) is 7. The second kappa shape index (κ2) is 6.63. The molecule has 2 aromatic heterocycles. The minimum Gasteiger partial charge on any atom is -0.444 e. The van der Waals surface area contributed by atoms with E-state index >= 15 is 0 Å². The molecule has 0 aromatic carbocycles. The van der Waals surface area contributed by atoms with Gasteiger partial charge in [-0.05, 0) is 20.8 Å². The molecule has 1 aliphatic rings. The molecule has 0 saturated carbocycles. The van der Waals surface area contributed by atoms with Crippen LogP contribution < -0.4 is 5.56 Å². The van der Waals surface area contributed by atoms with Crippen molar-refractivity contribution < 1.29 is 24.9 Å². The zero-order valence-electron chi connectivity index (χ0n) is 15.6. The number of nitrogens with zero attached hydrogens (tertiary/aromatic N) is 3. The Morgan fingerprint density at radius 1 is 1.33 bits per heavy atom. The second-order valence-corrected chi connectivity index (χ2v) is 7.69. The summed E-state index contributed by atoms with van der Waals surface area (Å²) in [6.07, 6.45) is -0.762. The minimum atomic E-state index is -1.39. The molecule has 3 rings (SSSR count). The van der Waals surface area contributed by atoms with E-state index in [2.05, 4.69) is 9.97 Å². The van der Waals surface area contributed by atoms with E-state index in [1.54, 1.807) is 27.8 Å². The summed E-state index contributed by atoms with van der Waals surface area (Å²) in [4.78, 5) is 33.2. The van der Waals surface area contributed by atoms with Gasteiger partial charge in [0.2, 0.25) is 0 Å². The normalized spacial score (nSPS) is 26.0. The summed E-state index contributed by atoms with van der Waals surface area (Å²) in [5, 5.41) is 30.6. The largest absolute Gasteiger partial charge is 0.444 e. The van der Waals surface area contributed by atoms with Crippen molar-refractivity contribution in [2.45, 2.75) is 50.7 Å². The van der Waals surface area contributed by atoms with Gasteiger partial charge in [-0.2, -0.15) is 0 Å². The molecule has 1 aliphatic heterocycles. The lowest BCUT2D eigenvalue weighted by molar-refractivity contribution is -0.000806. The van der Waals surface area contributed by atoms with Crippen molar-refractivity contribution in [3.63, 3.8) is 0 Å². The van der Waals surface area contributed by atoms with E-state index in [0.717, 1.165) is 4.90 Å². The highest BCUT2D eigenvalue weighted by atomic mass is 16.6. The summed E-state index contributed by atoms with van der Waals surface area (Å²) >= 11 is 0. The monoisotopic (exact) mass is 380 g/mol. The van der Waals surface area contributed by atoms with Gasteiger partial charge < -0.3 is 29.6 Å². The van der Waals surface area contributed by atoms with Crippen LogP contribution in [0, 0.1) is 0 Å². The van der Waals surface area contributed by atoms with Gasteiger partial charge in [0, 0.05) is 18.8 Å². The first-order valence-electron chi connectivity index (χ1n) is 8.57. The zero-order valence-corrected chi connectivity index (χ0v) is 15.6. The number of fused-ring (bicyclic) bond motifs is 1. The Balaban J connectivity index is 2.12. The molecule has 3 heterocycles. The molecule has 27 heavy (non-hydrogen) atoms. The molecular weight excluding hydrogens is 356 g/mol. The summed E-state index contributed by atoms with van der Waals surface area (Å²) < 4.78 is 6.69. The number of aromatic amines is 1. The van der Waals surface area contributed by atoms with Crippen LogP contribution in [0.4, 0.5) is 4.79 Å². The van der Waals surface area contributed by atoms with Crippen molar-refractivity contribution in [3.8, 4) is 0 Å². The van der Waals surface area contributed by atoms with Crippen LogP contribution in [0.15, 0.2) is 17.3 Å². The number of hydrogen-bond donors (Lipinski definition) is 4. The molecule has 0 unspecified atom stereocenters. The number of rotatable bonds is 2. The fourth-order valence-electron chi connectivity index (χ4n) is 3.37. The number of aromatic nitrogens is 3. The maximum atomic E-state index is 12.8. The van der Waals surface area contributed by atoms with Gasteiger partial charge in [0.1, 0.15) is 28.8 Å². The van der Waals surface area contributed by atoms with Crippen molar-refractivity contribution in [1.82, 2.24) is 19.4 Å². The number of likely N-dealkylation sites (tertiary alicyclic amines) is 1. The number of nitrogens with one attached hydrogen (secondary N) is 1. The van der Waals surface area contributed by atoms with Crippen LogP contribution in [-0.2, 0) is 11.8 Å². The van der Waals surface area contributed by atoms with Crippen molar-refractivity contribution in [1.29, 1.82) is 0 Å². The minimum absolute atomic E-state index is 0.216.